The number of anilines is 1. The summed E-state index contributed by atoms with van der Waals surface area (Å²) in [6.45, 7) is 0.0828. The second-order valence-corrected chi connectivity index (χ2v) is 9.47. The summed E-state index contributed by atoms with van der Waals surface area (Å²) in [6, 6.07) is 18.6. The van der Waals surface area contributed by atoms with Gasteiger partial charge < -0.3 is 10.1 Å². The van der Waals surface area contributed by atoms with Gasteiger partial charge in [0.05, 0.1) is 20.8 Å². The molecule has 0 aliphatic heterocycles. The summed E-state index contributed by atoms with van der Waals surface area (Å²) < 4.78 is 46.4. The van der Waals surface area contributed by atoms with Crippen LogP contribution in [-0.4, -0.2) is 5.91 Å². The molecule has 0 aliphatic rings. The van der Waals surface area contributed by atoms with E-state index in [1.165, 1.54) is 18.2 Å². The van der Waals surface area contributed by atoms with Crippen LogP contribution in [0.4, 0.5) is 18.9 Å². The van der Waals surface area contributed by atoms with Gasteiger partial charge >= 0.3 is 6.18 Å². The molecule has 0 saturated heterocycles. The van der Waals surface area contributed by atoms with Crippen LogP contribution in [0.5, 0.6) is 5.75 Å². The first-order chi connectivity index (χ1) is 16.6. The van der Waals surface area contributed by atoms with Crippen molar-refractivity contribution >= 4 is 62.9 Å². The molecule has 0 bridgehead atoms. The van der Waals surface area contributed by atoms with E-state index in [9.17, 15) is 28.5 Å². The molecule has 0 radical (unpaired) electrons. The second kappa shape index (κ2) is 11.6. The largest absolute Gasteiger partial charge is 0.487 e. The van der Waals surface area contributed by atoms with Crippen LogP contribution in [0.15, 0.2) is 66.2 Å². The Morgan fingerprint density at radius 1 is 1.06 bits per heavy atom. The highest BCUT2D eigenvalue weighted by atomic mass is 127. The summed E-state index contributed by atoms with van der Waals surface area (Å²) >= 11 is 4.15. The quantitative estimate of drug-likeness (QED) is 0.172. The van der Waals surface area contributed by atoms with Crippen LogP contribution in [-0.2, 0) is 17.6 Å². The summed E-state index contributed by atoms with van der Waals surface area (Å²) in [5.41, 5.74) is 0.241. The Balaban J connectivity index is 1.91. The minimum Gasteiger partial charge on any atom is -0.487 e. The summed E-state index contributed by atoms with van der Waals surface area (Å²) in [5, 5.41) is 21.2. The van der Waals surface area contributed by atoms with E-state index in [0.29, 0.717) is 26.0 Å². The highest BCUT2D eigenvalue weighted by Crippen LogP contribution is 2.32. The summed E-state index contributed by atoms with van der Waals surface area (Å²) in [6.07, 6.45) is -3.25. The Bertz CT molecular complexity index is 1390. The lowest BCUT2D eigenvalue weighted by atomic mass is 10.1. The van der Waals surface area contributed by atoms with Crippen LogP contribution < -0.4 is 10.1 Å². The number of hydrogen-bond donors (Lipinski definition) is 1. The Kier molecular flexibility index (Phi) is 8.75. The van der Waals surface area contributed by atoms with Crippen molar-refractivity contribution in [1.82, 2.24) is 0 Å². The molecular weight excluding hydrogens is 685 g/mol. The lowest BCUT2D eigenvalue weighted by Crippen LogP contribution is -2.14. The molecule has 3 aromatic carbocycles. The number of nitrogens with one attached hydrogen (secondary N) is 1. The normalized spacial score (nSPS) is 11.3. The number of carbonyl (C=O) groups is 1. The van der Waals surface area contributed by atoms with Gasteiger partial charge in [0.2, 0.25) is 0 Å². The third kappa shape index (κ3) is 6.96. The van der Waals surface area contributed by atoms with Gasteiger partial charge in [-0.3, -0.25) is 4.79 Å². The van der Waals surface area contributed by atoms with E-state index in [4.69, 9.17) is 4.74 Å². The van der Waals surface area contributed by atoms with Crippen LogP contribution in [0.25, 0.3) is 6.08 Å². The molecule has 0 heterocycles. The molecule has 0 unspecified atom stereocenters. The number of benzene rings is 3. The molecule has 0 atom stereocenters. The zero-order valence-electron chi connectivity index (χ0n) is 17.7. The van der Waals surface area contributed by atoms with Crippen molar-refractivity contribution in [2.45, 2.75) is 12.8 Å². The van der Waals surface area contributed by atoms with Gasteiger partial charge in [0.15, 0.2) is 0 Å². The van der Waals surface area contributed by atoms with E-state index < -0.39 is 17.6 Å². The fraction of sp³-hybridized carbons (Fsp3) is 0.0800. The lowest BCUT2D eigenvalue weighted by Gasteiger charge is -2.14. The number of carbonyl (C=O) groups excluding carboxylic acids is 1. The molecule has 0 aliphatic carbocycles. The molecule has 0 aromatic heterocycles. The molecule has 0 fully saturated rings. The van der Waals surface area contributed by atoms with Gasteiger partial charge in [0, 0.05) is 20.4 Å². The number of rotatable bonds is 6. The van der Waals surface area contributed by atoms with Crippen molar-refractivity contribution in [2.75, 3.05) is 5.32 Å². The molecular formula is C25H14F3I2N3O2. The van der Waals surface area contributed by atoms with E-state index >= 15 is 0 Å². The predicted octanol–water partition coefficient (Wildman–Crippen LogP) is 6.91. The number of nitrogens with zero attached hydrogens (tertiary/aromatic N) is 2. The van der Waals surface area contributed by atoms with Crippen molar-refractivity contribution in [2.24, 2.45) is 0 Å². The summed E-state index contributed by atoms with van der Waals surface area (Å²) in [7, 11) is 0. The number of amides is 1. The monoisotopic (exact) mass is 699 g/mol. The fourth-order valence-corrected chi connectivity index (χ4v) is 5.07. The van der Waals surface area contributed by atoms with E-state index in [1.807, 2.05) is 6.07 Å². The minimum atomic E-state index is -4.57. The van der Waals surface area contributed by atoms with Gasteiger partial charge in [-0.25, -0.2) is 0 Å². The van der Waals surface area contributed by atoms with Crippen molar-refractivity contribution in [3.05, 3.63) is 95.6 Å². The van der Waals surface area contributed by atoms with Gasteiger partial charge in [-0.2, -0.15) is 23.7 Å². The average Bonchev–Trinajstić information content (AvgIpc) is 2.81. The molecule has 0 spiro atoms. The molecule has 5 nitrogen and oxygen atoms in total. The number of hydrogen-bond acceptors (Lipinski definition) is 4. The van der Waals surface area contributed by atoms with E-state index in [-0.39, 0.29) is 17.9 Å². The molecule has 35 heavy (non-hydrogen) atoms. The van der Waals surface area contributed by atoms with Crippen LogP contribution in [0.2, 0.25) is 0 Å². The average molecular weight is 699 g/mol. The highest BCUT2D eigenvalue weighted by Gasteiger charge is 2.30. The highest BCUT2D eigenvalue weighted by molar-refractivity contribution is 14.1. The second-order valence-electron chi connectivity index (χ2n) is 7.07. The Morgan fingerprint density at radius 2 is 1.80 bits per heavy atom. The fourth-order valence-electron chi connectivity index (χ4n) is 3.02. The van der Waals surface area contributed by atoms with Crippen LogP contribution in [0.3, 0.4) is 0 Å². The first kappa shape index (κ1) is 26.5. The maximum absolute atomic E-state index is 13.0. The van der Waals surface area contributed by atoms with Gasteiger partial charge in [-0.15, -0.1) is 0 Å². The maximum Gasteiger partial charge on any atom is 0.416 e. The first-order valence-corrected chi connectivity index (χ1v) is 12.0. The zero-order chi connectivity index (χ0) is 25.6. The molecule has 3 aromatic rings. The third-order valence-corrected chi connectivity index (χ3v) is 6.08. The van der Waals surface area contributed by atoms with E-state index in [2.05, 4.69) is 56.6 Å². The molecule has 3 rings (SSSR count). The first-order valence-electron chi connectivity index (χ1n) is 9.82. The topological polar surface area (TPSA) is 85.9 Å². The van der Waals surface area contributed by atoms with E-state index in [0.717, 1.165) is 15.7 Å². The Hall–Kier alpha value is -3.10. The van der Waals surface area contributed by atoms with Gasteiger partial charge in [-0.1, -0.05) is 24.3 Å². The molecule has 176 valence electrons. The Morgan fingerprint density at radius 3 is 2.49 bits per heavy atom. The maximum atomic E-state index is 13.0. The minimum absolute atomic E-state index is 0.0828. The van der Waals surface area contributed by atoms with Gasteiger partial charge in [0.25, 0.3) is 5.91 Å². The van der Waals surface area contributed by atoms with Crippen molar-refractivity contribution < 1.29 is 22.7 Å². The predicted molar refractivity (Wildman–Crippen MR) is 141 cm³/mol. The molecule has 10 heteroatoms. The van der Waals surface area contributed by atoms with Crippen LogP contribution >= 0.6 is 45.2 Å². The van der Waals surface area contributed by atoms with Crippen LogP contribution in [0, 0.1) is 29.8 Å². The Labute approximate surface area is 226 Å². The number of alkyl halides is 3. The molecule has 1 amide bonds. The van der Waals surface area contributed by atoms with Gasteiger partial charge in [0.1, 0.15) is 24.0 Å². The molecule has 0 saturated carbocycles. The third-order valence-electron chi connectivity index (χ3n) is 4.66. The van der Waals surface area contributed by atoms with Crippen molar-refractivity contribution in [3.63, 3.8) is 0 Å². The van der Waals surface area contributed by atoms with Crippen molar-refractivity contribution in [1.29, 1.82) is 10.5 Å². The SMILES string of the molecule is N#C/C(=C/c1cc(I)cc(I)c1OCc1ccccc1C#N)C(=O)Nc1cccc(C(F)(F)F)c1. The number of nitriles is 2. The standard InChI is InChI=1S/C25H14F3I2N3O2/c26-25(27,28)19-6-3-7-21(10-19)33-24(34)18(13-32)8-17-9-20(29)11-22(30)23(17)35-14-16-5-2-1-4-15(16)12-31/h1-11H,14H2,(H,33,34)/b18-8-. The lowest BCUT2D eigenvalue weighted by molar-refractivity contribution is -0.137. The molecule has 1 N–H and O–H groups in total. The summed E-state index contributed by atoms with van der Waals surface area (Å²) in [4.78, 5) is 12.7. The number of halogens is 5. The van der Waals surface area contributed by atoms with Crippen molar-refractivity contribution in [3.8, 4) is 17.9 Å². The van der Waals surface area contributed by atoms with E-state index in [1.54, 1.807) is 36.4 Å². The number of ether oxygens (including phenoxy) is 1. The van der Waals surface area contributed by atoms with Crippen LogP contribution in [0.1, 0.15) is 22.3 Å². The summed E-state index contributed by atoms with van der Waals surface area (Å²) in [5.74, 6) is -0.458. The smallest absolute Gasteiger partial charge is 0.416 e. The van der Waals surface area contributed by atoms with Gasteiger partial charge in [-0.05, 0) is 87.7 Å². The zero-order valence-corrected chi connectivity index (χ0v) is 22.0.